The van der Waals surface area contributed by atoms with Crippen LogP contribution in [-0.4, -0.2) is 65.0 Å². The third-order valence-electron chi connectivity index (χ3n) is 6.75. The predicted octanol–water partition coefficient (Wildman–Crippen LogP) is 3.10. The summed E-state index contributed by atoms with van der Waals surface area (Å²) in [5.41, 5.74) is 1.94. The highest BCUT2D eigenvalue weighted by Gasteiger charge is 2.29. The Morgan fingerprint density at radius 3 is 2.79 bits per heavy atom. The number of aliphatic hydroxyl groups is 1. The highest BCUT2D eigenvalue weighted by Crippen LogP contribution is 2.30. The van der Waals surface area contributed by atoms with E-state index in [0.717, 1.165) is 55.5 Å². The lowest BCUT2D eigenvalue weighted by atomic mass is 9.94. The first kappa shape index (κ1) is 23.5. The molecule has 0 spiro atoms. The van der Waals surface area contributed by atoms with Gasteiger partial charge < -0.3 is 19.6 Å². The van der Waals surface area contributed by atoms with Gasteiger partial charge in [-0.2, -0.15) is 0 Å². The zero-order valence-corrected chi connectivity index (χ0v) is 19.4. The highest BCUT2D eigenvalue weighted by molar-refractivity contribution is 6.05. The van der Waals surface area contributed by atoms with Crippen LogP contribution in [-0.2, 0) is 16.1 Å². The molecule has 2 heterocycles. The largest absolute Gasteiger partial charge is 0.494 e. The average molecular weight is 457 g/mol. The number of unbranched alkanes of at least 4 members (excludes halogenated alkanes) is 3. The van der Waals surface area contributed by atoms with Crippen molar-refractivity contribution in [1.82, 2.24) is 15.1 Å². The quantitative estimate of drug-likeness (QED) is 0.499. The van der Waals surface area contributed by atoms with Gasteiger partial charge in [-0.1, -0.05) is 32.1 Å². The van der Waals surface area contributed by atoms with Gasteiger partial charge in [-0.25, -0.2) is 4.99 Å². The number of rotatable bonds is 11. The van der Waals surface area contributed by atoms with Crippen molar-refractivity contribution in [3.05, 3.63) is 23.8 Å². The maximum atomic E-state index is 12.7. The second-order valence-electron chi connectivity index (χ2n) is 9.25. The van der Waals surface area contributed by atoms with Crippen LogP contribution in [0.2, 0.25) is 0 Å². The molecule has 3 aliphatic rings. The summed E-state index contributed by atoms with van der Waals surface area (Å²) in [6.45, 7) is 2.17. The van der Waals surface area contributed by atoms with Gasteiger partial charge in [0.25, 0.3) is 0 Å². The van der Waals surface area contributed by atoms with Gasteiger partial charge >= 0.3 is 0 Å². The number of nitrogens with one attached hydrogen (secondary N) is 1. The Kier molecular flexibility index (Phi) is 8.20. The summed E-state index contributed by atoms with van der Waals surface area (Å²) in [5.74, 6) is 1.64. The van der Waals surface area contributed by atoms with Gasteiger partial charge in [0.1, 0.15) is 12.3 Å². The van der Waals surface area contributed by atoms with Gasteiger partial charge in [0.2, 0.25) is 17.8 Å². The van der Waals surface area contributed by atoms with Gasteiger partial charge in [0, 0.05) is 31.1 Å². The normalized spacial score (nSPS) is 17.8. The van der Waals surface area contributed by atoms with Crippen LogP contribution >= 0.6 is 0 Å². The van der Waals surface area contributed by atoms with Gasteiger partial charge in [0.15, 0.2) is 0 Å². The van der Waals surface area contributed by atoms with Crippen LogP contribution < -0.4 is 10.1 Å². The molecule has 0 unspecified atom stereocenters. The summed E-state index contributed by atoms with van der Waals surface area (Å²) in [4.78, 5) is 32.6. The molecule has 2 N–H and O–H groups in total. The lowest BCUT2D eigenvalue weighted by molar-refractivity contribution is -0.135. The molecule has 0 radical (unpaired) electrons. The van der Waals surface area contributed by atoms with Crippen LogP contribution in [0.25, 0.3) is 0 Å². The first-order valence-corrected chi connectivity index (χ1v) is 12.4. The van der Waals surface area contributed by atoms with E-state index in [-0.39, 0.29) is 18.4 Å². The number of hydrogen-bond acceptors (Lipinski definition) is 6. The van der Waals surface area contributed by atoms with Crippen LogP contribution in [0.3, 0.4) is 0 Å². The summed E-state index contributed by atoms with van der Waals surface area (Å²) in [6, 6.07) is 6.20. The Hall–Kier alpha value is -2.61. The van der Waals surface area contributed by atoms with Crippen LogP contribution in [0.4, 0.5) is 5.69 Å². The minimum atomic E-state index is -0.0187. The monoisotopic (exact) mass is 456 g/mol. The molecule has 1 aromatic carbocycles. The Labute approximate surface area is 196 Å². The average Bonchev–Trinajstić information content (AvgIpc) is 3.19. The van der Waals surface area contributed by atoms with Gasteiger partial charge in [-0.15, -0.1) is 0 Å². The number of ether oxygens (including phenoxy) is 1. The molecule has 180 valence electrons. The number of nitrogens with zero attached hydrogens (tertiary/aromatic N) is 3. The minimum absolute atomic E-state index is 0.0187. The van der Waals surface area contributed by atoms with Gasteiger partial charge in [0.05, 0.1) is 18.9 Å². The van der Waals surface area contributed by atoms with E-state index in [4.69, 9.17) is 4.74 Å². The number of carbonyl (C=O) groups excluding carboxylic acids is 2. The van der Waals surface area contributed by atoms with Crippen LogP contribution in [0.5, 0.6) is 5.75 Å². The molecule has 2 aliphatic heterocycles. The van der Waals surface area contributed by atoms with Crippen LogP contribution in [0.1, 0.15) is 69.8 Å². The minimum Gasteiger partial charge on any atom is -0.494 e. The fourth-order valence-electron chi connectivity index (χ4n) is 5.00. The van der Waals surface area contributed by atoms with Crippen LogP contribution in [0, 0.1) is 0 Å². The molecule has 1 aliphatic carbocycles. The topological polar surface area (TPSA) is 94.5 Å². The number of carbonyl (C=O) groups is 2. The smallest absolute Gasteiger partial charge is 0.246 e. The SMILES string of the molecule is O=C1CN2Cc3cc(OCCCCCCC(=O)N(CCO)C4CCCCC4)ccc3N=C2N1. The van der Waals surface area contributed by atoms with Crippen molar-refractivity contribution < 1.29 is 19.4 Å². The second-order valence-corrected chi connectivity index (χ2v) is 9.25. The lowest BCUT2D eigenvalue weighted by Gasteiger charge is -2.34. The third kappa shape index (κ3) is 6.25. The number of fused-ring (bicyclic) bond motifs is 2. The molecule has 1 saturated heterocycles. The predicted molar refractivity (Wildman–Crippen MR) is 126 cm³/mol. The van der Waals surface area contributed by atoms with E-state index in [0.29, 0.717) is 44.7 Å². The first-order valence-electron chi connectivity index (χ1n) is 12.4. The fourth-order valence-corrected chi connectivity index (χ4v) is 5.00. The molecule has 0 atom stereocenters. The number of aliphatic imine (C=N–C) groups is 1. The molecular weight excluding hydrogens is 420 g/mol. The van der Waals surface area contributed by atoms with Gasteiger partial charge in [-0.05, 0) is 43.9 Å². The maximum Gasteiger partial charge on any atom is 0.246 e. The van der Waals surface area contributed by atoms with E-state index < -0.39 is 0 Å². The Morgan fingerprint density at radius 1 is 1.15 bits per heavy atom. The summed E-state index contributed by atoms with van der Waals surface area (Å²) >= 11 is 0. The van der Waals surface area contributed by atoms with E-state index in [1.807, 2.05) is 28.0 Å². The molecule has 4 rings (SSSR count). The molecule has 1 aromatic rings. The Balaban J connectivity index is 1.13. The summed E-state index contributed by atoms with van der Waals surface area (Å²) < 4.78 is 5.93. The lowest BCUT2D eigenvalue weighted by Crippen LogP contribution is -2.43. The molecule has 33 heavy (non-hydrogen) atoms. The van der Waals surface area contributed by atoms with Crippen molar-refractivity contribution in [2.75, 3.05) is 26.3 Å². The number of guanidine groups is 1. The molecule has 8 nitrogen and oxygen atoms in total. The zero-order chi connectivity index (χ0) is 23.0. The molecule has 1 saturated carbocycles. The van der Waals surface area contributed by atoms with E-state index in [1.54, 1.807) is 0 Å². The summed E-state index contributed by atoms with van der Waals surface area (Å²) in [7, 11) is 0. The van der Waals surface area contributed by atoms with Crippen molar-refractivity contribution in [2.45, 2.75) is 76.8 Å². The molecular formula is C25H36N4O4. The molecule has 2 fully saturated rings. The number of amides is 2. The molecule has 2 amide bonds. The molecule has 8 heteroatoms. The number of benzene rings is 1. The fraction of sp³-hybridized carbons (Fsp3) is 0.640. The van der Waals surface area contributed by atoms with Crippen molar-refractivity contribution in [2.24, 2.45) is 4.99 Å². The zero-order valence-electron chi connectivity index (χ0n) is 19.4. The van der Waals surface area contributed by atoms with Crippen molar-refractivity contribution in [3.63, 3.8) is 0 Å². The highest BCUT2D eigenvalue weighted by atomic mass is 16.5. The van der Waals surface area contributed by atoms with Crippen molar-refractivity contribution in [3.8, 4) is 5.75 Å². The van der Waals surface area contributed by atoms with E-state index in [2.05, 4.69) is 10.3 Å². The molecule has 0 aromatic heterocycles. The number of hydrogen-bond donors (Lipinski definition) is 2. The van der Waals surface area contributed by atoms with Crippen LogP contribution in [0.15, 0.2) is 23.2 Å². The maximum absolute atomic E-state index is 12.7. The van der Waals surface area contributed by atoms with E-state index in [1.165, 1.54) is 19.3 Å². The first-order chi connectivity index (χ1) is 16.1. The Morgan fingerprint density at radius 2 is 1.97 bits per heavy atom. The standard InChI is InChI=1S/C25H36N4O4/c30-14-13-29(20-8-4-3-5-9-20)24(32)10-6-1-2-7-15-33-21-11-12-22-19(16-21)17-28-18-23(31)27-25(28)26-22/h11-12,16,20,30H,1-10,13-15,17-18H2,(H,26,27,31). The number of aliphatic hydroxyl groups excluding tert-OH is 1. The van der Waals surface area contributed by atoms with Gasteiger partial charge in [-0.3, -0.25) is 14.9 Å². The Bertz CT molecular complexity index is 866. The van der Waals surface area contributed by atoms with E-state index >= 15 is 0 Å². The second kappa shape index (κ2) is 11.5. The summed E-state index contributed by atoms with van der Waals surface area (Å²) in [6.07, 6.45) is 10.2. The molecule has 0 bridgehead atoms. The van der Waals surface area contributed by atoms with Crippen molar-refractivity contribution >= 4 is 23.5 Å². The summed E-state index contributed by atoms with van der Waals surface area (Å²) in [5, 5.41) is 12.1. The third-order valence-corrected chi connectivity index (χ3v) is 6.75. The van der Waals surface area contributed by atoms with Crippen molar-refractivity contribution in [1.29, 1.82) is 0 Å². The van der Waals surface area contributed by atoms with E-state index in [9.17, 15) is 14.7 Å².